The molecule has 2 rings (SSSR count). The number of piperidine rings is 1. The lowest BCUT2D eigenvalue weighted by atomic mass is 10.0. The Labute approximate surface area is 105 Å². The molecule has 0 saturated carbocycles. The Morgan fingerprint density at radius 3 is 2.59 bits per heavy atom. The molecule has 2 aliphatic heterocycles. The lowest BCUT2D eigenvalue weighted by Gasteiger charge is -2.47. The van der Waals surface area contributed by atoms with Crippen molar-refractivity contribution in [2.45, 2.75) is 44.7 Å². The lowest BCUT2D eigenvalue weighted by Crippen LogP contribution is -2.62. The van der Waals surface area contributed by atoms with Crippen LogP contribution in [0, 0.1) is 11.8 Å². The third kappa shape index (κ3) is 3.70. The van der Waals surface area contributed by atoms with Gasteiger partial charge in [0.15, 0.2) is 0 Å². The van der Waals surface area contributed by atoms with Gasteiger partial charge >= 0.3 is 0 Å². The first-order valence-electron chi connectivity index (χ1n) is 6.91. The first-order valence-corrected chi connectivity index (χ1v) is 6.91. The normalized spacial score (nSPS) is 24.8. The highest BCUT2D eigenvalue weighted by Gasteiger charge is 2.32. The van der Waals surface area contributed by atoms with Gasteiger partial charge in [0.2, 0.25) is 0 Å². The number of likely N-dealkylation sites (tertiary alicyclic amines) is 2. The number of hydrogen-bond donors (Lipinski definition) is 1. The predicted molar refractivity (Wildman–Crippen MR) is 71.7 cm³/mol. The number of nitrogens with zero attached hydrogens (tertiary/aromatic N) is 2. The molecule has 0 aliphatic carbocycles. The smallest absolute Gasteiger partial charge is 0.0350 e. The van der Waals surface area contributed by atoms with E-state index in [2.05, 4.69) is 21.6 Å². The van der Waals surface area contributed by atoms with E-state index in [9.17, 15) is 0 Å². The van der Waals surface area contributed by atoms with Crippen LogP contribution in [0.1, 0.15) is 32.6 Å². The molecule has 0 radical (unpaired) electrons. The summed E-state index contributed by atoms with van der Waals surface area (Å²) < 4.78 is 0. The van der Waals surface area contributed by atoms with Crippen LogP contribution >= 0.6 is 0 Å². The van der Waals surface area contributed by atoms with Crippen LogP contribution in [0.15, 0.2) is 0 Å². The van der Waals surface area contributed by atoms with E-state index in [0.717, 1.165) is 19.0 Å². The number of rotatable bonds is 4. The monoisotopic (exact) mass is 235 g/mol. The predicted octanol–water partition coefficient (Wildman–Crippen LogP) is 0.897. The standard InChI is InChI=1S/C14H25N3/c1-2-3-7-13(15)10-16-11-14(12-16)17-8-5-4-6-9-17/h13-14H,4-12,15H2,1H3. The molecule has 2 aliphatic rings. The molecule has 0 amide bonds. The Bertz CT molecular complexity index is 280. The summed E-state index contributed by atoms with van der Waals surface area (Å²) in [7, 11) is 0. The van der Waals surface area contributed by atoms with Crippen molar-refractivity contribution < 1.29 is 0 Å². The van der Waals surface area contributed by atoms with Crippen LogP contribution in [0.25, 0.3) is 0 Å². The first-order chi connectivity index (χ1) is 8.29. The summed E-state index contributed by atoms with van der Waals surface area (Å²) in [4.78, 5) is 5.14. The molecule has 0 aromatic heterocycles. The van der Waals surface area contributed by atoms with Gasteiger partial charge in [-0.05, 0) is 32.9 Å². The van der Waals surface area contributed by atoms with Crippen molar-refractivity contribution in [1.82, 2.24) is 9.80 Å². The molecule has 1 atom stereocenters. The number of nitrogens with two attached hydrogens (primary N) is 1. The molecular weight excluding hydrogens is 210 g/mol. The van der Waals surface area contributed by atoms with Crippen LogP contribution in [0.4, 0.5) is 0 Å². The second-order valence-corrected chi connectivity index (χ2v) is 5.36. The van der Waals surface area contributed by atoms with Gasteiger partial charge in [-0.3, -0.25) is 9.80 Å². The fourth-order valence-electron chi connectivity index (χ4n) is 2.84. The van der Waals surface area contributed by atoms with Crippen LogP contribution in [-0.4, -0.2) is 54.6 Å². The van der Waals surface area contributed by atoms with E-state index in [1.165, 1.54) is 45.4 Å². The highest BCUT2D eigenvalue weighted by Crippen LogP contribution is 2.19. The largest absolute Gasteiger partial charge is 0.326 e. The minimum absolute atomic E-state index is 0.227. The van der Waals surface area contributed by atoms with E-state index >= 15 is 0 Å². The second-order valence-electron chi connectivity index (χ2n) is 5.36. The third-order valence-corrected chi connectivity index (χ3v) is 3.88. The Balaban J connectivity index is 1.62. The van der Waals surface area contributed by atoms with Gasteiger partial charge in [-0.25, -0.2) is 0 Å². The van der Waals surface area contributed by atoms with Crippen LogP contribution in [0.2, 0.25) is 0 Å². The quantitative estimate of drug-likeness (QED) is 0.735. The first kappa shape index (κ1) is 12.9. The van der Waals surface area contributed by atoms with E-state index in [4.69, 9.17) is 5.73 Å². The van der Waals surface area contributed by atoms with Gasteiger partial charge in [-0.2, -0.15) is 0 Å². The zero-order valence-electron chi connectivity index (χ0n) is 11.0. The maximum atomic E-state index is 6.04. The van der Waals surface area contributed by atoms with Gasteiger partial charge in [0.1, 0.15) is 0 Å². The Hall–Kier alpha value is -0.560. The van der Waals surface area contributed by atoms with E-state index < -0.39 is 0 Å². The molecule has 2 N–H and O–H groups in total. The van der Waals surface area contributed by atoms with Crippen molar-refractivity contribution in [1.29, 1.82) is 0 Å². The summed E-state index contributed by atoms with van der Waals surface area (Å²) in [5.74, 6) is 5.98. The average Bonchev–Trinajstić information content (AvgIpc) is 2.31. The van der Waals surface area contributed by atoms with Crippen LogP contribution in [0.5, 0.6) is 0 Å². The van der Waals surface area contributed by atoms with Gasteiger partial charge in [-0.1, -0.05) is 6.42 Å². The van der Waals surface area contributed by atoms with Crippen molar-refractivity contribution in [3.63, 3.8) is 0 Å². The summed E-state index contributed by atoms with van der Waals surface area (Å²) in [5, 5.41) is 0. The molecule has 0 aromatic rings. The van der Waals surface area contributed by atoms with E-state index in [-0.39, 0.29) is 6.04 Å². The number of hydrogen-bond acceptors (Lipinski definition) is 3. The van der Waals surface area contributed by atoms with Crippen molar-refractivity contribution in [2.75, 3.05) is 32.7 Å². The van der Waals surface area contributed by atoms with Crippen molar-refractivity contribution in [3.05, 3.63) is 0 Å². The molecule has 0 spiro atoms. The van der Waals surface area contributed by atoms with E-state index in [1.54, 1.807) is 0 Å². The SMILES string of the molecule is CC#CCC(N)CN1CC(N2CCCCC2)C1. The minimum atomic E-state index is 0.227. The summed E-state index contributed by atoms with van der Waals surface area (Å²) in [6, 6.07) is 1.03. The third-order valence-electron chi connectivity index (χ3n) is 3.88. The van der Waals surface area contributed by atoms with Crippen molar-refractivity contribution in [2.24, 2.45) is 5.73 Å². The molecule has 2 heterocycles. The highest BCUT2D eigenvalue weighted by atomic mass is 15.3. The van der Waals surface area contributed by atoms with Gasteiger partial charge in [0.25, 0.3) is 0 Å². The summed E-state index contributed by atoms with van der Waals surface area (Å²) in [6.07, 6.45) is 5.04. The van der Waals surface area contributed by atoms with Crippen LogP contribution in [0.3, 0.4) is 0 Å². The molecule has 2 fully saturated rings. The maximum Gasteiger partial charge on any atom is 0.0350 e. The lowest BCUT2D eigenvalue weighted by molar-refractivity contribution is 0.0206. The van der Waals surface area contributed by atoms with Gasteiger partial charge in [0, 0.05) is 38.1 Å². The fraction of sp³-hybridized carbons (Fsp3) is 0.857. The van der Waals surface area contributed by atoms with E-state index in [0.29, 0.717) is 0 Å². The fourth-order valence-corrected chi connectivity index (χ4v) is 2.84. The Morgan fingerprint density at radius 1 is 1.24 bits per heavy atom. The molecule has 1 unspecified atom stereocenters. The zero-order chi connectivity index (χ0) is 12.1. The van der Waals surface area contributed by atoms with Crippen molar-refractivity contribution >= 4 is 0 Å². The van der Waals surface area contributed by atoms with Gasteiger partial charge in [0.05, 0.1) is 0 Å². The van der Waals surface area contributed by atoms with Gasteiger partial charge < -0.3 is 5.73 Å². The summed E-state index contributed by atoms with van der Waals surface area (Å²) >= 11 is 0. The van der Waals surface area contributed by atoms with Crippen LogP contribution in [-0.2, 0) is 0 Å². The topological polar surface area (TPSA) is 32.5 Å². The summed E-state index contributed by atoms with van der Waals surface area (Å²) in [5.41, 5.74) is 6.04. The molecule has 96 valence electrons. The van der Waals surface area contributed by atoms with Crippen LogP contribution < -0.4 is 5.73 Å². The van der Waals surface area contributed by atoms with Crippen molar-refractivity contribution in [3.8, 4) is 11.8 Å². The Morgan fingerprint density at radius 2 is 1.94 bits per heavy atom. The molecular formula is C14H25N3. The van der Waals surface area contributed by atoms with Gasteiger partial charge in [-0.15, -0.1) is 11.8 Å². The molecule has 2 saturated heterocycles. The molecule has 0 bridgehead atoms. The van der Waals surface area contributed by atoms with E-state index in [1.807, 2.05) is 6.92 Å². The maximum absolute atomic E-state index is 6.04. The minimum Gasteiger partial charge on any atom is -0.326 e. The molecule has 3 heteroatoms. The molecule has 0 aromatic carbocycles. The highest BCUT2D eigenvalue weighted by molar-refractivity contribution is 4.99. The summed E-state index contributed by atoms with van der Waals surface area (Å²) in [6.45, 7) is 7.94. The molecule has 3 nitrogen and oxygen atoms in total. The average molecular weight is 235 g/mol. The molecule has 17 heavy (non-hydrogen) atoms. The Kier molecular flexibility index (Phi) is 4.85. The zero-order valence-corrected chi connectivity index (χ0v) is 11.0. The second kappa shape index (κ2) is 6.39.